The van der Waals surface area contributed by atoms with Crippen molar-refractivity contribution in [3.8, 4) is 5.75 Å². The molecule has 6 nitrogen and oxygen atoms in total. The molecular formula is C27H27N3O3. The normalized spacial score (nSPS) is 13.6. The van der Waals surface area contributed by atoms with Gasteiger partial charge in [0.05, 0.1) is 18.4 Å². The summed E-state index contributed by atoms with van der Waals surface area (Å²) in [4.78, 5) is 34.9. The van der Waals surface area contributed by atoms with Gasteiger partial charge in [-0.3, -0.25) is 14.6 Å². The van der Waals surface area contributed by atoms with Crippen molar-refractivity contribution in [2.24, 2.45) is 0 Å². The van der Waals surface area contributed by atoms with Gasteiger partial charge in [0, 0.05) is 25.5 Å². The number of imide groups is 1. The van der Waals surface area contributed by atoms with Crippen molar-refractivity contribution in [1.29, 1.82) is 0 Å². The van der Waals surface area contributed by atoms with Crippen LogP contribution in [0.3, 0.4) is 0 Å². The number of carbonyl (C=O) groups excluding carboxylic acids is 2. The van der Waals surface area contributed by atoms with Crippen LogP contribution in [0.15, 0.2) is 78.8 Å². The summed E-state index contributed by atoms with van der Waals surface area (Å²) in [6, 6.07) is 18.8. The summed E-state index contributed by atoms with van der Waals surface area (Å²) in [5.41, 5.74) is 4.08. The van der Waals surface area contributed by atoms with Crippen molar-refractivity contribution in [2.75, 3.05) is 25.1 Å². The van der Waals surface area contributed by atoms with E-state index in [-0.39, 0.29) is 11.8 Å². The minimum atomic E-state index is -0.340. The quantitative estimate of drug-likeness (QED) is 0.489. The Bertz CT molecular complexity index is 1190. The first kappa shape index (κ1) is 22.3. The molecule has 168 valence electrons. The van der Waals surface area contributed by atoms with Gasteiger partial charge in [-0.2, -0.15) is 0 Å². The summed E-state index contributed by atoms with van der Waals surface area (Å²) in [7, 11) is 1.54. The highest BCUT2D eigenvalue weighted by Crippen LogP contribution is 2.39. The van der Waals surface area contributed by atoms with Gasteiger partial charge < -0.3 is 9.64 Å². The number of methoxy groups -OCH3 is 1. The number of likely N-dealkylation sites (N-methyl/N-ethyl adjacent to an activating group) is 1. The lowest BCUT2D eigenvalue weighted by Crippen LogP contribution is -2.36. The van der Waals surface area contributed by atoms with Gasteiger partial charge in [0.25, 0.3) is 11.8 Å². The maximum absolute atomic E-state index is 13.8. The van der Waals surface area contributed by atoms with Gasteiger partial charge in [0.15, 0.2) is 0 Å². The molecule has 0 radical (unpaired) electrons. The average molecular weight is 442 g/mol. The number of ether oxygens (including phenoxy) is 1. The highest BCUT2D eigenvalue weighted by molar-refractivity contribution is 6.45. The Balaban J connectivity index is 1.78. The Morgan fingerprint density at radius 2 is 1.70 bits per heavy atom. The second kappa shape index (κ2) is 9.69. The molecule has 4 rings (SSSR count). The molecular weight excluding hydrogens is 414 g/mol. The van der Waals surface area contributed by atoms with Gasteiger partial charge in [0.2, 0.25) is 0 Å². The summed E-state index contributed by atoms with van der Waals surface area (Å²) >= 11 is 0. The lowest BCUT2D eigenvalue weighted by atomic mass is 10.0. The fourth-order valence-corrected chi connectivity index (χ4v) is 4.11. The molecule has 0 unspecified atom stereocenters. The number of benzene rings is 2. The Labute approximate surface area is 194 Å². The van der Waals surface area contributed by atoms with Crippen LogP contribution in [-0.4, -0.2) is 41.9 Å². The number of hydrogen-bond acceptors (Lipinski definition) is 5. The molecule has 2 aromatic carbocycles. The molecule has 0 bridgehead atoms. The van der Waals surface area contributed by atoms with Crippen molar-refractivity contribution in [1.82, 2.24) is 9.88 Å². The second-order valence-electron chi connectivity index (χ2n) is 7.90. The zero-order valence-corrected chi connectivity index (χ0v) is 19.1. The SMILES string of the molecule is CCN(CCc1ccncc1)C1=C(c2ccccc2)C(=O)N(c2cc(C)ccc2OC)C1=O. The van der Waals surface area contributed by atoms with Gasteiger partial charge in [-0.1, -0.05) is 36.4 Å². The Morgan fingerprint density at radius 1 is 0.970 bits per heavy atom. The van der Waals surface area contributed by atoms with E-state index in [1.165, 1.54) is 4.90 Å². The van der Waals surface area contributed by atoms with E-state index in [9.17, 15) is 9.59 Å². The highest BCUT2D eigenvalue weighted by atomic mass is 16.5. The molecule has 0 spiro atoms. The van der Waals surface area contributed by atoms with Crippen LogP contribution in [0.2, 0.25) is 0 Å². The third kappa shape index (κ3) is 4.37. The fraction of sp³-hybridized carbons (Fsp3) is 0.222. The lowest BCUT2D eigenvalue weighted by Gasteiger charge is -2.25. The molecule has 0 N–H and O–H groups in total. The minimum absolute atomic E-state index is 0.334. The van der Waals surface area contributed by atoms with Gasteiger partial charge in [0.1, 0.15) is 11.4 Å². The number of nitrogens with zero attached hydrogens (tertiary/aromatic N) is 3. The summed E-state index contributed by atoms with van der Waals surface area (Å²) in [5, 5.41) is 0. The number of aromatic nitrogens is 1. The molecule has 0 fully saturated rings. The van der Waals surface area contributed by atoms with E-state index < -0.39 is 0 Å². The van der Waals surface area contributed by atoms with E-state index in [1.807, 2.05) is 73.3 Å². The zero-order chi connectivity index (χ0) is 23.4. The van der Waals surface area contributed by atoms with E-state index in [0.717, 1.165) is 23.1 Å². The smallest absolute Gasteiger partial charge is 0.282 e. The van der Waals surface area contributed by atoms with Crippen molar-refractivity contribution in [3.05, 3.63) is 95.4 Å². The van der Waals surface area contributed by atoms with E-state index in [0.29, 0.717) is 35.8 Å². The number of amides is 2. The molecule has 0 atom stereocenters. The van der Waals surface area contributed by atoms with Crippen LogP contribution < -0.4 is 9.64 Å². The van der Waals surface area contributed by atoms with Crippen LogP contribution in [0, 0.1) is 6.92 Å². The number of hydrogen-bond donors (Lipinski definition) is 0. The maximum Gasteiger partial charge on any atom is 0.282 e. The predicted molar refractivity (Wildman–Crippen MR) is 129 cm³/mol. The second-order valence-corrected chi connectivity index (χ2v) is 7.90. The molecule has 1 aromatic heterocycles. The van der Waals surface area contributed by atoms with Gasteiger partial charge >= 0.3 is 0 Å². The molecule has 6 heteroatoms. The molecule has 0 aliphatic carbocycles. The van der Waals surface area contributed by atoms with Gasteiger partial charge in [-0.15, -0.1) is 0 Å². The Hall–Kier alpha value is -3.93. The van der Waals surface area contributed by atoms with Gasteiger partial charge in [-0.05, 0) is 61.2 Å². The fourth-order valence-electron chi connectivity index (χ4n) is 4.11. The summed E-state index contributed by atoms with van der Waals surface area (Å²) in [6.45, 7) is 5.11. The first-order chi connectivity index (χ1) is 16.0. The molecule has 33 heavy (non-hydrogen) atoms. The third-order valence-electron chi connectivity index (χ3n) is 5.81. The Kier molecular flexibility index (Phi) is 6.54. The van der Waals surface area contributed by atoms with Crippen molar-refractivity contribution >= 4 is 23.1 Å². The zero-order valence-electron chi connectivity index (χ0n) is 19.1. The average Bonchev–Trinajstić information content (AvgIpc) is 3.10. The van der Waals surface area contributed by atoms with Crippen molar-refractivity contribution in [2.45, 2.75) is 20.3 Å². The molecule has 0 saturated carbocycles. The number of anilines is 1. The summed E-state index contributed by atoms with van der Waals surface area (Å²) in [5.74, 6) is -0.192. The molecule has 0 saturated heterocycles. The van der Waals surface area contributed by atoms with E-state index >= 15 is 0 Å². The van der Waals surface area contributed by atoms with Crippen LogP contribution in [0.25, 0.3) is 5.57 Å². The van der Waals surface area contributed by atoms with E-state index in [1.54, 1.807) is 25.6 Å². The summed E-state index contributed by atoms with van der Waals surface area (Å²) < 4.78 is 5.49. The topological polar surface area (TPSA) is 62.7 Å². The summed E-state index contributed by atoms with van der Waals surface area (Å²) in [6.07, 6.45) is 4.25. The van der Waals surface area contributed by atoms with Crippen LogP contribution in [-0.2, 0) is 16.0 Å². The molecule has 3 aromatic rings. The number of rotatable bonds is 8. The first-order valence-corrected chi connectivity index (χ1v) is 11.0. The van der Waals surface area contributed by atoms with Crippen molar-refractivity contribution in [3.63, 3.8) is 0 Å². The van der Waals surface area contributed by atoms with Crippen LogP contribution in [0.4, 0.5) is 5.69 Å². The van der Waals surface area contributed by atoms with E-state index in [4.69, 9.17) is 4.74 Å². The van der Waals surface area contributed by atoms with Crippen LogP contribution in [0.5, 0.6) is 5.75 Å². The number of pyridine rings is 1. The van der Waals surface area contributed by atoms with Crippen molar-refractivity contribution < 1.29 is 14.3 Å². The largest absolute Gasteiger partial charge is 0.495 e. The number of aryl methyl sites for hydroxylation is 1. The molecule has 1 aliphatic rings. The van der Waals surface area contributed by atoms with Gasteiger partial charge in [-0.25, -0.2) is 4.90 Å². The lowest BCUT2D eigenvalue weighted by molar-refractivity contribution is -0.120. The first-order valence-electron chi connectivity index (χ1n) is 11.0. The third-order valence-corrected chi connectivity index (χ3v) is 5.81. The molecule has 2 heterocycles. The number of carbonyl (C=O) groups is 2. The predicted octanol–water partition coefficient (Wildman–Crippen LogP) is 4.25. The van der Waals surface area contributed by atoms with Crippen LogP contribution >= 0.6 is 0 Å². The maximum atomic E-state index is 13.8. The molecule has 2 amide bonds. The van der Waals surface area contributed by atoms with Crippen LogP contribution in [0.1, 0.15) is 23.6 Å². The standard InChI is InChI=1S/C27H27N3O3/c1-4-29(17-14-20-12-15-28-16-13-20)25-24(21-8-6-5-7-9-21)26(31)30(27(25)32)22-18-19(2)10-11-23(22)33-3/h5-13,15-16,18H,4,14,17H2,1-3H3. The molecule has 1 aliphatic heterocycles. The Morgan fingerprint density at radius 3 is 2.36 bits per heavy atom. The van der Waals surface area contributed by atoms with E-state index in [2.05, 4.69) is 4.98 Å². The highest BCUT2D eigenvalue weighted by Gasteiger charge is 2.43. The minimum Gasteiger partial charge on any atom is -0.495 e. The monoisotopic (exact) mass is 441 g/mol.